The highest BCUT2D eigenvalue weighted by Gasteiger charge is 2.36. The van der Waals surface area contributed by atoms with E-state index in [1.165, 1.54) is 0 Å². The fourth-order valence-electron chi connectivity index (χ4n) is 3.32. The molecule has 3 rings (SSSR count). The molecule has 142 valence electrons. The number of aromatic nitrogens is 1. The molecule has 8 nitrogen and oxygen atoms in total. The number of rotatable bonds is 3. The average molecular weight is 368 g/mol. The maximum Gasteiger partial charge on any atom is 0.292 e. The molecule has 27 heavy (non-hydrogen) atoms. The van der Waals surface area contributed by atoms with Crippen LogP contribution in [0.5, 0.6) is 0 Å². The van der Waals surface area contributed by atoms with E-state index in [9.17, 15) is 4.79 Å². The van der Waals surface area contributed by atoms with E-state index in [1.54, 1.807) is 6.20 Å². The Hall–Kier alpha value is -3.16. The van der Waals surface area contributed by atoms with Gasteiger partial charge in [0.25, 0.3) is 5.91 Å². The predicted molar refractivity (Wildman–Crippen MR) is 105 cm³/mol. The van der Waals surface area contributed by atoms with Crippen LogP contribution < -0.4 is 16.8 Å². The highest BCUT2D eigenvalue weighted by Crippen LogP contribution is 2.39. The molecule has 0 aromatic carbocycles. The number of carbonyl (C=O) groups excluding carboxylic acids is 1. The van der Waals surface area contributed by atoms with Gasteiger partial charge in [-0.25, -0.2) is 4.98 Å². The van der Waals surface area contributed by atoms with Gasteiger partial charge in [-0.3, -0.25) is 4.79 Å². The van der Waals surface area contributed by atoms with Gasteiger partial charge in [-0.05, 0) is 37.3 Å². The maximum absolute atomic E-state index is 12.8. The number of anilines is 1. The standard InChI is InChI=1S/C19H24N6O2/c1-10-6-5-7-22-16(10)23-17(26)15-11(2)14-12(24-25-18(20)21)8-19(3,4)9-13(14)27-15/h5-7H,8-9H2,1-4H3,(H4,20,21,25)(H,22,23,26)/b24-12-. The molecule has 1 aliphatic carbocycles. The summed E-state index contributed by atoms with van der Waals surface area (Å²) in [5.74, 6) is 1.02. The van der Waals surface area contributed by atoms with Crippen molar-refractivity contribution in [3.63, 3.8) is 0 Å². The second-order valence-electron chi connectivity index (χ2n) is 7.57. The summed E-state index contributed by atoms with van der Waals surface area (Å²) in [5, 5.41) is 10.8. The molecule has 0 saturated heterocycles. The van der Waals surface area contributed by atoms with E-state index in [4.69, 9.17) is 15.9 Å². The molecule has 0 aliphatic heterocycles. The summed E-state index contributed by atoms with van der Waals surface area (Å²) in [6.07, 6.45) is 3.00. The minimum Gasteiger partial charge on any atom is -0.455 e. The van der Waals surface area contributed by atoms with Gasteiger partial charge in [-0.2, -0.15) is 5.10 Å². The van der Waals surface area contributed by atoms with E-state index >= 15 is 0 Å². The van der Waals surface area contributed by atoms with Crippen LogP contribution in [0.3, 0.4) is 0 Å². The topological polar surface area (TPSA) is 132 Å². The molecule has 0 unspecified atom stereocenters. The Balaban J connectivity index is 2.01. The average Bonchev–Trinajstić information content (AvgIpc) is 2.90. The van der Waals surface area contributed by atoms with Crippen molar-refractivity contribution >= 4 is 23.4 Å². The van der Waals surface area contributed by atoms with Gasteiger partial charge < -0.3 is 21.2 Å². The molecule has 2 aromatic rings. The minimum atomic E-state index is -0.345. The summed E-state index contributed by atoms with van der Waals surface area (Å²) in [6, 6.07) is 3.70. The lowest BCUT2D eigenvalue weighted by Gasteiger charge is -2.29. The Labute approximate surface area is 157 Å². The van der Waals surface area contributed by atoms with Gasteiger partial charge >= 0.3 is 0 Å². The normalized spacial score (nSPS) is 16.7. The van der Waals surface area contributed by atoms with E-state index in [2.05, 4.69) is 34.4 Å². The van der Waals surface area contributed by atoms with E-state index in [-0.39, 0.29) is 23.0 Å². The van der Waals surface area contributed by atoms with Gasteiger partial charge in [0.2, 0.25) is 5.96 Å². The second-order valence-corrected chi connectivity index (χ2v) is 7.57. The van der Waals surface area contributed by atoms with Crippen LogP contribution in [0.1, 0.15) is 53.3 Å². The summed E-state index contributed by atoms with van der Waals surface area (Å²) < 4.78 is 5.95. The number of hydrogen-bond acceptors (Lipinski definition) is 5. The first-order valence-corrected chi connectivity index (χ1v) is 8.69. The van der Waals surface area contributed by atoms with E-state index in [1.807, 2.05) is 26.0 Å². The van der Waals surface area contributed by atoms with Crippen molar-refractivity contribution in [1.29, 1.82) is 0 Å². The first-order chi connectivity index (χ1) is 12.7. The Morgan fingerprint density at radius 3 is 2.70 bits per heavy atom. The zero-order chi connectivity index (χ0) is 19.8. The third kappa shape index (κ3) is 3.84. The van der Waals surface area contributed by atoms with Crippen molar-refractivity contribution in [3.05, 3.63) is 46.5 Å². The number of nitrogens with one attached hydrogen (secondary N) is 1. The largest absolute Gasteiger partial charge is 0.455 e. The number of furan rings is 1. The van der Waals surface area contributed by atoms with E-state index < -0.39 is 0 Å². The molecule has 5 N–H and O–H groups in total. The number of hydrogen-bond donors (Lipinski definition) is 3. The monoisotopic (exact) mass is 368 g/mol. The van der Waals surface area contributed by atoms with Gasteiger partial charge in [0.15, 0.2) is 5.76 Å². The molecule has 2 aromatic heterocycles. The molecule has 8 heteroatoms. The van der Waals surface area contributed by atoms with Crippen LogP contribution in [0.25, 0.3) is 0 Å². The van der Waals surface area contributed by atoms with Crippen molar-refractivity contribution in [2.75, 3.05) is 5.32 Å². The molecule has 0 fully saturated rings. The lowest BCUT2D eigenvalue weighted by Crippen LogP contribution is -2.27. The van der Waals surface area contributed by atoms with Crippen LogP contribution in [-0.2, 0) is 6.42 Å². The Morgan fingerprint density at radius 1 is 1.30 bits per heavy atom. The lowest BCUT2D eigenvalue weighted by atomic mass is 9.75. The van der Waals surface area contributed by atoms with Crippen LogP contribution in [0, 0.1) is 19.3 Å². The number of carbonyl (C=O) groups is 1. The van der Waals surface area contributed by atoms with Crippen LogP contribution in [0.2, 0.25) is 0 Å². The predicted octanol–water partition coefficient (Wildman–Crippen LogP) is 2.49. The SMILES string of the molecule is Cc1cccnc1NC(=O)c1oc2c(c1C)/C(=N\N=C(N)N)CC(C)(C)C2. The highest BCUT2D eigenvalue weighted by molar-refractivity contribution is 6.09. The first-order valence-electron chi connectivity index (χ1n) is 8.69. The third-order valence-electron chi connectivity index (χ3n) is 4.53. The molecule has 0 atom stereocenters. The number of pyridine rings is 1. The fraction of sp³-hybridized carbons (Fsp3) is 0.368. The Morgan fingerprint density at radius 2 is 2.04 bits per heavy atom. The number of guanidine groups is 1. The van der Waals surface area contributed by atoms with Crippen LogP contribution in [0.15, 0.2) is 32.9 Å². The molecule has 0 spiro atoms. The maximum atomic E-state index is 12.8. The minimum absolute atomic E-state index is 0.0830. The van der Waals surface area contributed by atoms with Gasteiger partial charge in [0, 0.05) is 23.7 Å². The Kier molecular flexibility index (Phi) is 4.73. The van der Waals surface area contributed by atoms with Crippen molar-refractivity contribution in [2.24, 2.45) is 27.1 Å². The molecule has 0 radical (unpaired) electrons. The van der Waals surface area contributed by atoms with E-state index in [0.29, 0.717) is 24.4 Å². The molecule has 1 aliphatic rings. The number of fused-ring (bicyclic) bond motifs is 1. The molecule has 0 saturated carbocycles. The smallest absolute Gasteiger partial charge is 0.292 e. The molecule has 1 amide bonds. The zero-order valence-electron chi connectivity index (χ0n) is 16.0. The quantitative estimate of drug-likeness (QED) is 0.435. The van der Waals surface area contributed by atoms with Crippen LogP contribution >= 0.6 is 0 Å². The van der Waals surface area contributed by atoms with Crippen LogP contribution in [0.4, 0.5) is 5.82 Å². The van der Waals surface area contributed by atoms with Crippen molar-refractivity contribution in [3.8, 4) is 0 Å². The zero-order valence-corrected chi connectivity index (χ0v) is 16.0. The molecular formula is C19H24N6O2. The highest BCUT2D eigenvalue weighted by atomic mass is 16.4. The third-order valence-corrected chi connectivity index (χ3v) is 4.53. The molecular weight excluding hydrogens is 344 g/mol. The van der Waals surface area contributed by atoms with Gasteiger partial charge in [0.1, 0.15) is 11.6 Å². The number of nitrogens with zero attached hydrogens (tertiary/aromatic N) is 3. The summed E-state index contributed by atoms with van der Waals surface area (Å²) in [6.45, 7) is 7.93. The van der Waals surface area contributed by atoms with Crippen molar-refractivity contribution < 1.29 is 9.21 Å². The first kappa shape index (κ1) is 18.6. The number of aryl methyl sites for hydroxylation is 1. The lowest BCUT2D eigenvalue weighted by molar-refractivity contribution is 0.0992. The van der Waals surface area contributed by atoms with Crippen molar-refractivity contribution in [1.82, 2.24) is 4.98 Å². The van der Waals surface area contributed by atoms with E-state index in [0.717, 1.165) is 22.5 Å². The van der Waals surface area contributed by atoms with Gasteiger partial charge in [-0.1, -0.05) is 19.9 Å². The molecule has 0 bridgehead atoms. The number of amides is 1. The number of nitrogens with two attached hydrogens (primary N) is 2. The summed E-state index contributed by atoms with van der Waals surface area (Å²) in [5.41, 5.74) is 13.9. The second kappa shape index (κ2) is 6.86. The Bertz CT molecular complexity index is 951. The molecule has 2 heterocycles. The summed E-state index contributed by atoms with van der Waals surface area (Å²) >= 11 is 0. The van der Waals surface area contributed by atoms with Gasteiger partial charge in [-0.15, -0.1) is 5.10 Å². The van der Waals surface area contributed by atoms with Crippen LogP contribution in [-0.4, -0.2) is 22.6 Å². The fourth-order valence-corrected chi connectivity index (χ4v) is 3.32. The summed E-state index contributed by atoms with van der Waals surface area (Å²) in [4.78, 5) is 17.0. The van der Waals surface area contributed by atoms with Gasteiger partial charge in [0.05, 0.1) is 5.71 Å². The van der Waals surface area contributed by atoms with Crippen molar-refractivity contribution in [2.45, 2.75) is 40.5 Å². The summed E-state index contributed by atoms with van der Waals surface area (Å²) in [7, 11) is 0.